The molecule has 0 fully saturated rings. The van der Waals surface area contributed by atoms with Crippen molar-refractivity contribution in [3.8, 4) is 0 Å². The summed E-state index contributed by atoms with van der Waals surface area (Å²) < 4.78 is 25.5. The zero-order valence-electron chi connectivity index (χ0n) is 6.16. The standard InChI is InChI=1S/C5H6F2N4O/c1-3-2-11(10-9-3)5(6,7)4(8)12/h2H,1H3,(H2,8,12). The maximum absolute atomic E-state index is 12.7. The highest BCUT2D eigenvalue weighted by Gasteiger charge is 2.40. The predicted molar refractivity (Wildman–Crippen MR) is 34.1 cm³/mol. The molecule has 1 aromatic heterocycles. The van der Waals surface area contributed by atoms with Crippen LogP contribution in [0.4, 0.5) is 8.78 Å². The van der Waals surface area contributed by atoms with Crippen LogP contribution in [-0.2, 0) is 10.8 Å². The second-order valence-electron chi connectivity index (χ2n) is 2.21. The van der Waals surface area contributed by atoms with Gasteiger partial charge in [0.1, 0.15) is 0 Å². The van der Waals surface area contributed by atoms with Crippen LogP contribution in [0.2, 0.25) is 0 Å². The molecule has 0 unspecified atom stereocenters. The first-order chi connectivity index (χ1) is 5.44. The molecule has 1 rings (SSSR count). The van der Waals surface area contributed by atoms with E-state index in [1.165, 1.54) is 6.92 Å². The molecule has 7 heteroatoms. The van der Waals surface area contributed by atoms with Crippen molar-refractivity contribution in [2.75, 3.05) is 0 Å². The first kappa shape index (κ1) is 8.57. The zero-order valence-corrected chi connectivity index (χ0v) is 6.16. The van der Waals surface area contributed by atoms with Gasteiger partial charge in [0.2, 0.25) is 0 Å². The molecule has 0 saturated heterocycles. The van der Waals surface area contributed by atoms with Crippen molar-refractivity contribution in [1.29, 1.82) is 0 Å². The summed E-state index contributed by atoms with van der Waals surface area (Å²) in [5.41, 5.74) is 4.72. The average molecular weight is 176 g/mol. The highest BCUT2D eigenvalue weighted by atomic mass is 19.3. The minimum absolute atomic E-state index is 0.130. The summed E-state index contributed by atoms with van der Waals surface area (Å²) in [6.07, 6.45) is 0.935. The van der Waals surface area contributed by atoms with E-state index >= 15 is 0 Å². The van der Waals surface area contributed by atoms with Crippen molar-refractivity contribution >= 4 is 5.91 Å². The van der Waals surface area contributed by atoms with Gasteiger partial charge in [0.25, 0.3) is 0 Å². The Kier molecular flexibility index (Phi) is 1.79. The summed E-state index contributed by atoms with van der Waals surface area (Å²) in [5, 5.41) is 6.32. The van der Waals surface area contributed by atoms with Gasteiger partial charge in [-0.05, 0) is 6.92 Å². The van der Waals surface area contributed by atoms with Gasteiger partial charge >= 0.3 is 12.0 Å². The molecule has 1 heterocycles. The van der Waals surface area contributed by atoms with Gasteiger partial charge in [0.15, 0.2) is 0 Å². The minimum atomic E-state index is -3.80. The van der Waals surface area contributed by atoms with E-state index in [0.717, 1.165) is 6.20 Å². The molecule has 0 aromatic carbocycles. The van der Waals surface area contributed by atoms with Gasteiger partial charge < -0.3 is 5.73 Å². The Morgan fingerprint density at radius 1 is 1.75 bits per heavy atom. The average Bonchev–Trinajstić information content (AvgIpc) is 2.35. The van der Waals surface area contributed by atoms with Crippen LogP contribution >= 0.6 is 0 Å². The van der Waals surface area contributed by atoms with Crippen molar-refractivity contribution in [3.63, 3.8) is 0 Å². The maximum Gasteiger partial charge on any atom is 0.423 e. The summed E-state index contributed by atoms with van der Waals surface area (Å²) in [7, 11) is 0. The number of rotatable bonds is 2. The van der Waals surface area contributed by atoms with E-state index < -0.39 is 12.0 Å². The van der Waals surface area contributed by atoms with Crippen LogP contribution in [0.15, 0.2) is 6.20 Å². The third-order valence-electron chi connectivity index (χ3n) is 1.19. The topological polar surface area (TPSA) is 73.8 Å². The lowest BCUT2D eigenvalue weighted by Gasteiger charge is -2.09. The van der Waals surface area contributed by atoms with Crippen LogP contribution in [0, 0.1) is 6.92 Å². The molecular weight excluding hydrogens is 170 g/mol. The summed E-state index contributed by atoms with van der Waals surface area (Å²) in [5.74, 6) is -1.76. The monoisotopic (exact) mass is 176 g/mol. The molecule has 0 aliphatic heterocycles. The highest BCUT2D eigenvalue weighted by Crippen LogP contribution is 2.17. The van der Waals surface area contributed by atoms with Crippen LogP contribution in [0.1, 0.15) is 5.69 Å². The molecular formula is C5H6F2N4O. The molecule has 66 valence electrons. The number of nitrogens with two attached hydrogens (primary N) is 1. The Balaban J connectivity index is 3.05. The van der Waals surface area contributed by atoms with E-state index in [4.69, 9.17) is 0 Å². The summed E-state index contributed by atoms with van der Waals surface area (Å²) in [6, 6.07) is -3.80. The lowest BCUT2D eigenvalue weighted by molar-refractivity contribution is -0.159. The molecule has 1 amide bonds. The Bertz CT molecular complexity index is 308. The van der Waals surface area contributed by atoms with Gasteiger partial charge in [0, 0.05) is 0 Å². The minimum Gasteiger partial charge on any atom is -0.363 e. The first-order valence-corrected chi connectivity index (χ1v) is 3.01. The second kappa shape index (κ2) is 2.50. The van der Waals surface area contributed by atoms with Crippen LogP contribution in [0.25, 0.3) is 0 Å². The fraction of sp³-hybridized carbons (Fsp3) is 0.400. The normalized spacial score (nSPS) is 11.6. The molecule has 0 atom stereocenters. The van der Waals surface area contributed by atoms with Crippen LogP contribution in [-0.4, -0.2) is 20.9 Å². The molecule has 0 spiro atoms. The van der Waals surface area contributed by atoms with Crippen LogP contribution < -0.4 is 5.73 Å². The number of aromatic nitrogens is 3. The molecule has 0 bridgehead atoms. The summed E-state index contributed by atoms with van der Waals surface area (Å²) in [6.45, 7) is 1.47. The van der Waals surface area contributed by atoms with E-state index in [9.17, 15) is 13.6 Å². The van der Waals surface area contributed by atoms with Crippen molar-refractivity contribution in [2.24, 2.45) is 5.73 Å². The van der Waals surface area contributed by atoms with Crippen molar-refractivity contribution in [3.05, 3.63) is 11.9 Å². The van der Waals surface area contributed by atoms with Gasteiger partial charge in [0.05, 0.1) is 11.9 Å². The number of alkyl halides is 2. The molecule has 0 aliphatic carbocycles. The number of amides is 1. The molecule has 12 heavy (non-hydrogen) atoms. The zero-order chi connectivity index (χ0) is 9.35. The Hall–Kier alpha value is -1.53. The number of primary amides is 1. The number of carbonyl (C=O) groups excluding carboxylic acids is 1. The van der Waals surface area contributed by atoms with Gasteiger partial charge in [-0.3, -0.25) is 4.79 Å². The third-order valence-corrected chi connectivity index (χ3v) is 1.19. The van der Waals surface area contributed by atoms with Crippen molar-refractivity contribution < 1.29 is 13.6 Å². The number of hydrogen-bond donors (Lipinski definition) is 1. The van der Waals surface area contributed by atoms with Gasteiger partial charge in [-0.2, -0.15) is 13.5 Å². The molecule has 2 N–H and O–H groups in total. The Morgan fingerprint density at radius 3 is 2.67 bits per heavy atom. The third kappa shape index (κ3) is 1.25. The van der Waals surface area contributed by atoms with Crippen molar-refractivity contribution in [1.82, 2.24) is 15.0 Å². The molecule has 0 radical (unpaired) electrons. The van der Waals surface area contributed by atoms with E-state index in [0.29, 0.717) is 0 Å². The predicted octanol–water partition coefficient (Wildman–Crippen LogP) is -0.379. The largest absolute Gasteiger partial charge is 0.423 e. The van der Waals surface area contributed by atoms with Crippen molar-refractivity contribution in [2.45, 2.75) is 13.0 Å². The van der Waals surface area contributed by atoms with E-state index in [1.807, 2.05) is 0 Å². The number of carbonyl (C=O) groups is 1. The van der Waals surface area contributed by atoms with Gasteiger partial charge in [-0.1, -0.05) is 5.21 Å². The first-order valence-electron chi connectivity index (χ1n) is 3.01. The molecule has 0 saturated carbocycles. The van der Waals surface area contributed by atoms with Gasteiger partial charge in [-0.15, -0.1) is 5.10 Å². The highest BCUT2D eigenvalue weighted by molar-refractivity contribution is 5.79. The fourth-order valence-corrected chi connectivity index (χ4v) is 0.597. The number of hydrogen-bond acceptors (Lipinski definition) is 3. The SMILES string of the molecule is Cc1cn(C(F)(F)C(N)=O)nn1. The molecule has 1 aromatic rings. The van der Waals surface area contributed by atoms with E-state index in [2.05, 4.69) is 16.0 Å². The number of halogens is 2. The van der Waals surface area contributed by atoms with Crippen LogP contribution in [0.5, 0.6) is 0 Å². The van der Waals surface area contributed by atoms with Crippen LogP contribution in [0.3, 0.4) is 0 Å². The molecule has 5 nitrogen and oxygen atoms in total. The summed E-state index contributed by atoms with van der Waals surface area (Å²) in [4.78, 5) is 10.2. The van der Waals surface area contributed by atoms with E-state index in [-0.39, 0.29) is 10.4 Å². The number of nitrogens with zero attached hydrogens (tertiary/aromatic N) is 3. The lowest BCUT2D eigenvalue weighted by atomic mass is 10.5. The Morgan fingerprint density at radius 2 is 2.33 bits per heavy atom. The van der Waals surface area contributed by atoms with Gasteiger partial charge in [-0.25, -0.2) is 0 Å². The number of aryl methyl sites for hydroxylation is 1. The van der Waals surface area contributed by atoms with E-state index in [1.54, 1.807) is 0 Å². The maximum atomic E-state index is 12.7. The summed E-state index contributed by atoms with van der Waals surface area (Å²) >= 11 is 0. The smallest absolute Gasteiger partial charge is 0.363 e. The lowest BCUT2D eigenvalue weighted by Crippen LogP contribution is -2.39. The quantitative estimate of drug-likeness (QED) is 0.667. The second-order valence-corrected chi connectivity index (χ2v) is 2.21. The fourth-order valence-electron chi connectivity index (χ4n) is 0.597. The molecule has 0 aliphatic rings. The Labute approximate surface area is 66.2 Å².